The second-order valence-corrected chi connectivity index (χ2v) is 8.25. The van der Waals surface area contributed by atoms with Crippen LogP contribution in [0.3, 0.4) is 0 Å². The van der Waals surface area contributed by atoms with E-state index in [9.17, 15) is 8.42 Å². The molecule has 1 aliphatic heterocycles. The van der Waals surface area contributed by atoms with E-state index < -0.39 is 10.0 Å². The summed E-state index contributed by atoms with van der Waals surface area (Å²) in [6.45, 7) is 5.23. The minimum absolute atomic E-state index is 0. The Morgan fingerprint density at radius 1 is 1.42 bits per heavy atom. The molecule has 2 rings (SSSR count). The van der Waals surface area contributed by atoms with Gasteiger partial charge in [0.15, 0.2) is 5.96 Å². The first-order valence-electron chi connectivity index (χ1n) is 8.37. The number of anilines is 1. The Morgan fingerprint density at radius 3 is 2.85 bits per heavy atom. The van der Waals surface area contributed by atoms with Crippen LogP contribution in [0.5, 0.6) is 0 Å². The number of nitrogens with one attached hydrogen (secondary N) is 3. The van der Waals surface area contributed by atoms with E-state index in [4.69, 9.17) is 11.6 Å². The normalized spacial score (nSPS) is 17.7. The van der Waals surface area contributed by atoms with Crippen molar-refractivity contribution < 1.29 is 8.42 Å². The summed E-state index contributed by atoms with van der Waals surface area (Å²) in [7, 11) is -3.18. The van der Waals surface area contributed by atoms with E-state index in [1.54, 1.807) is 0 Å². The van der Waals surface area contributed by atoms with Crippen molar-refractivity contribution in [2.24, 2.45) is 4.99 Å². The Morgan fingerprint density at radius 2 is 2.19 bits per heavy atom. The highest BCUT2D eigenvalue weighted by atomic mass is 127. The number of benzene rings is 1. The van der Waals surface area contributed by atoms with E-state index in [0.717, 1.165) is 43.0 Å². The summed E-state index contributed by atoms with van der Waals surface area (Å²) in [4.78, 5) is 6.71. The first-order valence-corrected chi connectivity index (χ1v) is 10.6. The maximum Gasteiger partial charge on any atom is 0.208 e. The van der Waals surface area contributed by atoms with Crippen molar-refractivity contribution in [3.8, 4) is 0 Å². The second-order valence-electron chi connectivity index (χ2n) is 5.98. The summed E-state index contributed by atoms with van der Waals surface area (Å²) in [6, 6.07) is 8.14. The topological polar surface area (TPSA) is 85.8 Å². The maximum absolute atomic E-state index is 11.1. The Balaban J connectivity index is 0.00000338. The number of sulfonamides is 1. The SMILES string of the molecule is CCNC(=NCCNS(C)(=O)=O)NC1CCN(c2cccc(Cl)c2)C1.I. The molecule has 3 N–H and O–H groups in total. The smallest absolute Gasteiger partial charge is 0.208 e. The first kappa shape index (κ1) is 23.3. The van der Waals surface area contributed by atoms with E-state index in [2.05, 4.69) is 31.3 Å². The van der Waals surface area contributed by atoms with Crippen LogP contribution in [0.1, 0.15) is 13.3 Å². The standard InChI is InChI=1S/C16H26ClN5O2S.HI/c1-3-18-16(19-8-9-20-25(2,23)24)21-14-7-10-22(12-14)15-6-4-5-13(17)11-15;/h4-6,11,14,20H,3,7-10,12H2,1-2H3,(H2,18,19,21);1H. The Kier molecular flexibility index (Phi) is 9.98. The van der Waals surface area contributed by atoms with E-state index in [0.29, 0.717) is 12.5 Å². The van der Waals surface area contributed by atoms with Gasteiger partial charge in [0.05, 0.1) is 12.8 Å². The van der Waals surface area contributed by atoms with Gasteiger partial charge in [-0.25, -0.2) is 13.1 Å². The highest BCUT2D eigenvalue weighted by Gasteiger charge is 2.23. The predicted molar refractivity (Wildman–Crippen MR) is 119 cm³/mol. The summed E-state index contributed by atoms with van der Waals surface area (Å²) in [5.74, 6) is 0.704. The van der Waals surface area contributed by atoms with Crippen LogP contribution >= 0.6 is 35.6 Å². The van der Waals surface area contributed by atoms with Gasteiger partial charge in [-0.3, -0.25) is 4.99 Å². The van der Waals surface area contributed by atoms with Crippen molar-refractivity contribution in [2.45, 2.75) is 19.4 Å². The molecule has 1 atom stereocenters. The third-order valence-corrected chi connectivity index (χ3v) is 4.76. The third kappa shape index (κ3) is 8.28. The molecule has 1 fully saturated rings. The van der Waals surface area contributed by atoms with Crippen LogP contribution in [0, 0.1) is 0 Å². The maximum atomic E-state index is 11.1. The van der Waals surface area contributed by atoms with Crippen LogP contribution in [-0.2, 0) is 10.0 Å². The van der Waals surface area contributed by atoms with Crippen molar-refractivity contribution in [3.05, 3.63) is 29.3 Å². The van der Waals surface area contributed by atoms with Crippen LogP contribution in [-0.4, -0.2) is 59.4 Å². The number of nitrogens with zero attached hydrogens (tertiary/aromatic N) is 2. The molecule has 0 amide bonds. The van der Waals surface area contributed by atoms with E-state index in [1.807, 2.05) is 25.1 Å². The van der Waals surface area contributed by atoms with Crippen molar-refractivity contribution in [2.75, 3.05) is 43.9 Å². The molecule has 0 aromatic heterocycles. The lowest BCUT2D eigenvalue weighted by atomic mass is 10.3. The summed E-state index contributed by atoms with van der Waals surface area (Å²) in [5, 5.41) is 7.35. The fourth-order valence-corrected chi connectivity index (χ4v) is 3.34. The molecule has 7 nitrogen and oxygen atoms in total. The van der Waals surface area contributed by atoms with Crippen LogP contribution in [0.2, 0.25) is 5.02 Å². The number of rotatable bonds is 7. The zero-order valence-corrected chi connectivity index (χ0v) is 18.9. The molecule has 1 aromatic carbocycles. The molecule has 1 saturated heterocycles. The molecule has 0 radical (unpaired) electrons. The second kappa shape index (κ2) is 11.2. The van der Waals surface area contributed by atoms with Gasteiger partial charge in [0, 0.05) is 42.9 Å². The number of halogens is 2. The van der Waals surface area contributed by atoms with E-state index in [-0.39, 0.29) is 36.6 Å². The Hall–Kier alpha value is -0.780. The fraction of sp³-hybridized carbons (Fsp3) is 0.562. The Bertz CT molecular complexity index is 702. The molecule has 1 aromatic rings. The summed E-state index contributed by atoms with van der Waals surface area (Å²) < 4.78 is 24.6. The number of aliphatic imine (C=N–C) groups is 1. The van der Waals surface area contributed by atoms with Gasteiger partial charge in [-0.2, -0.15) is 0 Å². The van der Waals surface area contributed by atoms with Crippen molar-refractivity contribution in [1.29, 1.82) is 0 Å². The summed E-state index contributed by atoms with van der Waals surface area (Å²) in [6.07, 6.45) is 2.14. The third-order valence-electron chi connectivity index (χ3n) is 3.79. The number of hydrogen-bond acceptors (Lipinski definition) is 4. The largest absolute Gasteiger partial charge is 0.369 e. The quantitative estimate of drug-likeness (QED) is 0.223. The molecule has 1 unspecified atom stereocenters. The Labute approximate surface area is 178 Å². The number of guanidine groups is 1. The molecule has 0 saturated carbocycles. The average molecular weight is 516 g/mol. The summed E-state index contributed by atoms with van der Waals surface area (Å²) in [5.41, 5.74) is 1.12. The minimum atomic E-state index is -3.18. The van der Waals surface area contributed by atoms with Gasteiger partial charge >= 0.3 is 0 Å². The highest BCUT2D eigenvalue weighted by molar-refractivity contribution is 14.0. The molecule has 1 aliphatic rings. The van der Waals surface area contributed by atoms with Crippen LogP contribution < -0.4 is 20.3 Å². The van der Waals surface area contributed by atoms with Gasteiger partial charge in [-0.15, -0.1) is 24.0 Å². The lowest BCUT2D eigenvalue weighted by molar-refractivity contribution is 0.588. The monoisotopic (exact) mass is 515 g/mol. The van der Waals surface area contributed by atoms with Crippen molar-refractivity contribution in [1.82, 2.24) is 15.4 Å². The van der Waals surface area contributed by atoms with Gasteiger partial charge in [0.25, 0.3) is 0 Å². The van der Waals surface area contributed by atoms with Crippen LogP contribution in [0.25, 0.3) is 0 Å². The zero-order valence-electron chi connectivity index (χ0n) is 15.0. The molecule has 148 valence electrons. The average Bonchev–Trinajstić information content (AvgIpc) is 2.99. The summed E-state index contributed by atoms with van der Waals surface area (Å²) >= 11 is 6.07. The molecule has 26 heavy (non-hydrogen) atoms. The molecular formula is C16H27ClIN5O2S. The molecular weight excluding hydrogens is 489 g/mol. The van der Waals surface area contributed by atoms with E-state index in [1.165, 1.54) is 0 Å². The van der Waals surface area contributed by atoms with E-state index >= 15 is 0 Å². The highest BCUT2D eigenvalue weighted by Crippen LogP contribution is 2.23. The zero-order chi connectivity index (χ0) is 18.3. The molecule has 1 heterocycles. The van der Waals surface area contributed by atoms with Gasteiger partial charge in [0.2, 0.25) is 10.0 Å². The first-order chi connectivity index (χ1) is 11.9. The minimum Gasteiger partial charge on any atom is -0.369 e. The van der Waals surface area contributed by atoms with Crippen molar-refractivity contribution >= 4 is 57.2 Å². The molecule has 10 heteroatoms. The van der Waals surface area contributed by atoms with Gasteiger partial charge in [0.1, 0.15) is 0 Å². The van der Waals surface area contributed by atoms with Crippen molar-refractivity contribution in [3.63, 3.8) is 0 Å². The van der Waals surface area contributed by atoms with Crippen LogP contribution in [0.4, 0.5) is 5.69 Å². The molecule has 0 spiro atoms. The molecule has 0 aliphatic carbocycles. The lowest BCUT2D eigenvalue weighted by Crippen LogP contribution is -2.45. The molecule has 0 bridgehead atoms. The van der Waals surface area contributed by atoms with Crippen LogP contribution in [0.15, 0.2) is 29.3 Å². The lowest BCUT2D eigenvalue weighted by Gasteiger charge is -2.20. The predicted octanol–water partition coefficient (Wildman–Crippen LogP) is 1.64. The number of hydrogen-bond donors (Lipinski definition) is 3. The van der Waals surface area contributed by atoms with Gasteiger partial charge < -0.3 is 15.5 Å². The fourth-order valence-electron chi connectivity index (χ4n) is 2.70. The van der Waals surface area contributed by atoms with Gasteiger partial charge in [-0.05, 0) is 31.5 Å². The van der Waals surface area contributed by atoms with Gasteiger partial charge in [-0.1, -0.05) is 17.7 Å².